The minimum atomic E-state index is -0.703. The van der Waals surface area contributed by atoms with Crippen LogP contribution >= 0.6 is 0 Å². The lowest BCUT2D eigenvalue weighted by atomic mass is 10.0. The zero-order valence-corrected chi connectivity index (χ0v) is 9.64. The van der Waals surface area contributed by atoms with E-state index in [-0.39, 0.29) is 0 Å². The summed E-state index contributed by atoms with van der Waals surface area (Å²) in [7, 11) is 1.32. The van der Waals surface area contributed by atoms with E-state index in [0.29, 0.717) is 23.1 Å². The topological polar surface area (TPSA) is 46.5 Å². The van der Waals surface area contributed by atoms with Gasteiger partial charge in [0, 0.05) is 6.42 Å². The van der Waals surface area contributed by atoms with E-state index < -0.39 is 12.1 Å². The van der Waals surface area contributed by atoms with Crippen molar-refractivity contribution < 1.29 is 14.6 Å². The first kappa shape index (κ1) is 13.0. The highest BCUT2D eigenvalue weighted by atomic mass is 16.5. The fraction of sp³-hybridized carbons (Fsp3) is 0.214. The summed E-state index contributed by atoms with van der Waals surface area (Å²) in [6.07, 6.45) is 4.77. The predicted octanol–water partition coefficient (Wildman–Crippen LogP) is 2.09. The van der Waals surface area contributed by atoms with E-state index >= 15 is 0 Å². The SMILES string of the molecule is C#CC(=C)CC(O)c1ccc(C(=O)OC)cc1. The minimum absolute atomic E-state index is 0.314. The average molecular weight is 230 g/mol. The van der Waals surface area contributed by atoms with Gasteiger partial charge < -0.3 is 9.84 Å². The highest BCUT2D eigenvalue weighted by Gasteiger charge is 2.10. The monoisotopic (exact) mass is 230 g/mol. The van der Waals surface area contributed by atoms with Gasteiger partial charge in [0.25, 0.3) is 0 Å². The van der Waals surface area contributed by atoms with Crippen molar-refractivity contribution in [3.63, 3.8) is 0 Å². The van der Waals surface area contributed by atoms with Gasteiger partial charge in [-0.1, -0.05) is 24.6 Å². The standard InChI is InChI=1S/C14H14O3/c1-4-10(2)9-13(15)11-5-7-12(8-6-11)14(16)17-3/h1,5-8,13,15H,2,9H2,3H3. The number of aliphatic hydroxyl groups excluding tert-OH is 1. The van der Waals surface area contributed by atoms with E-state index in [9.17, 15) is 9.90 Å². The fourth-order valence-electron chi connectivity index (χ4n) is 1.37. The summed E-state index contributed by atoms with van der Waals surface area (Å²) in [6.45, 7) is 3.63. The Kier molecular flexibility index (Phi) is 4.50. The van der Waals surface area contributed by atoms with Crippen molar-refractivity contribution in [3.05, 3.63) is 47.5 Å². The maximum atomic E-state index is 11.2. The van der Waals surface area contributed by atoms with E-state index in [1.807, 2.05) is 0 Å². The van der Waals surface area contributed by atoms with Gasteiger partial charge in [0.2, 0.25) is 0 Å². The normalized spacial score (nSPS) is 11.4. The Morgan fingerprint density at radius 1 is 1.53 bits per heavy atom. The van der Waals surface area contributed by atoms with Gasteiger partial charge in [-0.3, -0.25) is 0 Å². The Balaban J connectivity index is 2.77. The lowest BCUT2D eigenvalue weighted by Crippen LogP contribution is -2.03. The first-order chi connectivity index (χ1) is 8.08. The summed E-state index contributed by atoms with van der Waals surface area (Å²) >= 11 is 0. The third-order valence-electron chi connectivity index (χ3n) is 2.36. The van der Waals surface area contributed by atoms with E-state index in [4.69, 9.17) is 6.42 Å². The number of hydrogen-bond acceptors (Lipinski definition) is 3. The van der Waals surface area contributed by atoms with Crippen LogP contribution in [0.25, 0.3) is 0 Å². The van der Waals surface area contributed by atoms with Crippen LogP contribution in [0.2, 0.25) is 0 Å². The summed E-state index contributed by atoms with van der Waals surface area (Å²) in [5, 5.41) is 9.84. The summed E-state index contributed by atoms with van der Waals surface area (Å²) in [5.74, 6) is 1.97. The van der Waals surface area contributed by atoms with Crippen molar-refractivity contribution in [3.8, 4) is 12.3 Å². The maximum absolute atomic E-state index is 11.2. The Morgan fingerprint density at radius 3 is 2.59 bits per heavy atom. The molecule has 0 spiro atoms. The number of carbonyl (C=O) groups is 1. The number of ether oxygens (including phenoxy) is 1. The molecular weight excluding hydrogens is 216 g/mol. The van der Waals surface area contributed by atoms with Crippen LogP contribution < -0.4 is 0 Å². The number of terminal acetylenes is 1. The van der Waals surface area contributed by atoms with Gasteiger partial charge in [-0.15, -0.1) is 6.42 Å². The zero-order chi connectivity index (χ0) is 12.8. The van der Waals surface area contributed by atoms with Gasteiger partial charge >= 0.3 is 5.97 Å². The Morgan fingerprint density at radius 2 is 2.12 bits per heavy atom. The van der Waals surface area contributed by atoms with Crippen LogP contribution in [0.5, 0.6) is 0 Å². The summed E-state index contributed by atoms with van der Waals surface area (Å²) in [4.78, 5) is 11.2. The van der Waals surface area contributed by atoms with Crippen LogP contribution in [0.15, 0.2) is 36.4 Å². The molecule has 1 unspecified atom stereocenters. The molecule has 0 aliphatic rings. The van der Waals surface area contributed by atoms with Crippen molar-refractivity contribution in [1.82, 2.24) is 0 Å². The van der Waals surface area contributed by atoms with Crippen LogP contribution in [0.4, 0.5) is 0 Å². The molecule has 1 rings (SSSR count). The third-order valence-corrected chi connectivity index (χ3v) is 2.36. The third kappa shape index (κ3) is 3.47. The van der Waals surface area contributed by atoms with Gasteiger partial charge in [0.05, 0.1) is 18.8 Å². The molecular formula is C14H14O3. The molecule has 1 atom stereocenters. The molecule has 17 heavy (non-hydrogen) atoms. The molecule has 3 nitrogen and oxygen atoms in total. The van der Waals surface area contributed by atoms with E-state index in [2.05, 4.69) is 17.2 Å². The number of rotatable bonds is 4. The smallest absolute Gasteiger partial charge is 0.337 e. The zero-order valence-electron chi connectivity index (χ0n) is 9.64. The molecule has 0 fully saturated rings. The second kappa shape index (κ2) is 5.88. The summed E-state index contributed by atoms with van der Waals surface area (Å²) < 4.78 is 4.58. The van der Waals surface area contributed by atoms with E-state index in [1.165, 1.54) is 7.11 Å². The molecule has 0 aliphatic carbocycles. The average Bonchev–Trinajstić information content (AvgIpc) is 2.37. The van der Waals surface area contributed by atoms with Gasteiger partial charge in [0.15, 0.2) is 0 Å². The lowest BCUT2D eigenvalue weighted by molar-refractivity contribution is 0.0600. The highest BCUT2D eigenvalue weighted by molar-refractivity contribution is 5.89. The number of esters is 1. The summed E-state index contributed by atoms with van der Waals surface area (Å²) in [6, 6.07) is 6.54. The number of carbonyl (C=O) groups excluding carboxylic acids is 1. The Labute approximate surface area is 101 Å². The number of methoxy groups -OCH3 is 1. The maximum Gasteiger partial charge on any atom is 0.337 e. The number of benzene rings is 1. The van der Waals surface area contributed by atoms with Gasteiger partial charge in [-0.2, -0.15) is 0 Å². The minimum Gasteiger partial charge on any atom is -0.465 e. The number of hydrogen-bond donors (Lipinski definition) is 1. The molecule has 0 heterocycles. The molecule has 1 aromatic rings. The molecule has 0 saturated heterocycles. The largest absolute Gasteiger partial charge is 0.465 e. The quantitative estimate of drug-likeness (QED) is 0.636. The molecule has 0 amide bonds. The molecule has 3 heteroatoms. The van der Waals surface area contributed by atoms with Crippen LogP contribution in [-0.2, 0) is 4.74 Å². The van der Waals surface area contributed by atoms with Gasteiger partial charge in [0.1, 0.15) is 0 Å². The van der Waals surface area contributed by atoms with Gasteiger partial charge in [-0.05, 0) is 23.3 Å². The summed E-state index contributed by atoms with van der Waals surface area (Å²) in [5.41, 5.74) is 1.67. The van der Waals surface area contributed by atoms with Crippen molar-refractivity contribution in [2.45, 2.75) is 12.5 Å². The van der Waals surface area contributed by atoms with Crippen molar-refractivity contribution >= 4 is 5.97 Å². The van der Waals surface area contributed by atoms with E-state index in [1.54, 1.807) is 24.3 Å². The Bertz CT molecular complexity index is 451. The van der Waals surface area contributed by atoms with Crippen LogP contribution in [-0.4, -0.2) is 18.2 Å². The second-order valence-corrected chi connectivity index (χ2v) is 3.58. The molecule has 0 radical (unpaired) electrons. The molecule has 0 bridgehead atoms. The Hall–Kier alpha value is -2.05. The fourth-order valence-corrected chi connectivity index (χ4v) is 1.37. The number of aliphatic hydroxyl groups is 1. The molecule has 0 aliphatic heterocycles. The first-order valence-corrected chi connectivity index (χ1v) is 5.09. The molecule has 0 aromatic heterocycles. The van der Waals surface area contributed by atoms with Crippen molar-refractivity contribution in [2.24, 2.45) is 0 Å². The van der Waals surface area contributed by atoms with Crippen LogP contribution in [0, 0.1) is 12.3 Å². The highest BCUT2D eigenvalue weighted by Crippen LogP contribution is 2.20. The first-order valence-electron chi connectivity index (χ1n) is 5.09. The molecule has 1 aromatic carbocycles. The van der Waals surface area contributed by atoms with Crippen LogP contribution in [0.3, 0.4) is 0 Å². The van der Waals surface area contributed by atoms with E-state index in [0.717, 1.165) is 0 Å². The molecule has 88 valence electrons. The molecule has 1 N–H and O–H groups in total. The van der Waals surface area contributed by atoms with Crippen molar-refractivity contribution in [1.29, 1.82) is 0 Å². The second-order valence-electron chi connectivity index (χ2n) is 3.58. The molecule has 0 saturated carbocycles. The predicted molar refractivity (Wildman–Crippen MR) is 65.3 cm³/mol. The van der Waals surface area contributed by atoms with Gasteiger partial charge in [-0.25, -0.2) is 4.79 Å². The lowest BCUT2D eigenvalue weighted by Gasteiger charge is -2.10. The van der Waals surface area contributed by atoms with Crippen molar-refractivity contribution in [2.75, 3.05) is 7.11 Å². The van der Waals surface area contributed by atoms with Crippen LogP contribution in [0.1, 0.15) is 28.4 Å².